The molecule has 108 valence electrons. The fourth-order valence-electron chi connectivity index (χ4n) is 2.38. The molecule has 0 aliphatic carbocycles. The predicted molar refractivity (Wildman–Crippen MR) is 82.7 cm³/mol. The van der Waals surface area contributed by atoms with Crippen LogP contribution in [0.25, 0.3) is 0 Å². The maximum Gasteiger partial charge on any atom is 0.226 e. The van der Waals surface area contributed by atoms with E-state index in [2.05, 4.69) is 17.1 Å². The molecule has 18 heavy (non-hydrogen) atoms. The Morgan fingerprint density at radius 1 is 1.50 bits per heavy atom. The average molecular weight is 295 g/mol. The first-order valence-corrected chi connectivity index (χ1v) is 7.78. The van der Waals surface area contributed by atoms with Crippen LogP contribution in [0, 0.1) is 5.92 Å². The number of rotatable bonds is 5. The zero-order chi connectivity index (χ0) is 12.7. The molecule has 1 aliphatic heterocycles. The minimum Gasteiger partial charge on any atom is -0.341 e. The van der Waals surface area contributed by atoms with E-state index in [1.165, 1.54) is 19.3 Å². The number of likely N-dealkylation sites (tertiary alicyclic amines) is 1. The van der Waals surface area contributed by atoms with Crippen molar-refractivity contribution in [1.82, 2.24) is 10.2 Å². The first-order valence-electron chi connectivity index (χ1n) is 6.74. The highest BCUT2D eigenvalue weighted by Gasteiger charge is 2.24. The molecule has 0 aromatic heterocycles. The molecule has 0 saturated carbocycles. The van der Waals surface area contributed by atoms with Gasteiger partial charge in [0, 0.05) is 30.8 Å². The van der Waals surface area contributed by atoms with Crippen molar-refractivity contribution in [2.75, 3.05) is 32.4 Å². The van der Waals surface area contributed by atoms with E-state index in [1.54, 1.807) is 0 Å². The highest BCUT2D eigenvalue weighted by atomic mass is 35.5. The second-order valence-electron chi connectivity index (χ2n) is 4.82. The lowest BCUT2D eigenvalue weighted by Gasteiger charge is -2.26. The normalized spacial score (nSPS) is 21.9. The molecule has 1 heterocycles. The molecule has 0 aromatic carbocycles. The number of carbonyl (C=O) groups excluding carboxylic acids is 1. The summed E-state index contributed by atoms with van der Waals surface area (Å²) >= 11 is 2.00. The third-order valence-corrected chi connectivity index (χ3v) is 4.46. The molecule has 0 aromatic rings. The van der Waals surface area contributed by atoms with Gasteiger partial charge in [-0.3, -0.25) is 4.79 Å². The number of hydrogen-bond donors (Lipinski definition) is 1. The van der Waals surface area contributed by atoms with Crippen LogP contribution in [0.5, 0.6) is 0 Å². The number of hydrogen-bond acceptors (Lipinski definition) is 3. The molecule has 1 N–H and O–H groups in total. The Kier molecular flexibility index (Phi) is 9.97. The second-order valence-corrected chi connectivity index (χ2v) is 6.39. The summed E-state index contributed by atoms with van der Waals surface area (Å²) in [4.78, 5) is 14.4. The van der Waals surface area contributed by atoms with Crippen LogP contribution >= 0.6 is 24.2 Å². The Hall–Kier alpha value is 0.0700. The molecule has 0 spiro atoms. The number of carbonyl (C=O) groups is 1. The molecule has 2 atom stereocenters. The molecule has 1 rings (SSSR count). The van der Waals surface area contributed by atoms with Gasteiger partial charge in [0.15, 0.2) is 0 Å². The fourth-order valence-corrected chi connectivity index (χ4v) is 3.47. The van der Waals surface area contributed by atoms with Gasteiger partial charge >= 0.3 is 0 Å². The van der Waals surface area contributed by atoms with Crippen molar-refractivity contribution in [3.05, 3.63) is 0 Å². The summed E-state index contributed by atoms with van der Waals surface area (Å²) in [6.45, 7) is 6.90. The summed E-state index contributed by atoms with van der Waals surface area (Å²) in [7, 11) is 1.90. The van der Waals surface area contributed by atoms with E-state index in [-0.39, 0.29) is 18.3 Å². The number of thioether (sulfide) groups is 1. The van der Waals surface area contributed by atoms with E-state index in [0.29, 0.717) is 11.2 Å². The van der Waals surface area contributed by atoms with Crippen molar-refractivity contribution in [2.45, 2.75) is 38.4 Å². The smallest absolute Gasteiger partial charge is 0.226 e. The SMILES string of the molecule is CCSC1CCCCN(C(=O)C(C)CNC)C1.Cl. The van der Waals surface area contributed by atoms with E-state index < -0.39 is 0 Å². The molecule has 1 fully saturated rings. The van der Waals surface area contributed by atoms with E-state index in [9.17, 15) is 4.79 Å². The number of nitrogens with one attached hydrogen (secondary N) is 1. The molecule has 5 heteroatoms. The van der Waals surface area contributed by atoms with Crippen molar-refractivity contribution in [2.24, 2.45) is 5.92 Å². The monoisotopic (exact) mass is 294 g/mol. The van der Waals surface area contributed by atoms with E-state index >= 15 is 0 Å². The van der Waals surface area contributed by atoms with Gasteiger partial charge < -0.3 is 10.2 Å². The molecule has 2 unspecified atom stereocenters. The summed E-state index contributed by atoms with van der Waals surface area (Å²) < 4.78 is 0. The third-order valence-electron chi connectivity index (χ3n) is 3.27. The van der Waals surface area contributed by atoms with Crippen LogP contribution < -0.4 is 5.32 Å². The largest absolute Gasteiger partial charge is 0.341 e. The number of nitrogens with zero attached hydrogens (tertiary/aromatic N) is 1. The first kappa shape index (κ1) is 18.1. The fraction of sp³-hybridized carbons (Fsp3) is 0.923. The molecule has 3 nitrogen and oxygen atoms in total. The van der Waals surface area contributed by atoms with Gasteiger partial charge in [-0.25, -0.2) is 0 Å². The van der Waals surface area contributed by atoms with Crippen LogP contribution in [0.15, 0.2) is 0 Å². The highest BCUT2D eigenvalue weighted by Crippen LogP contribution is 2.22. The Balaban J connectivity index is 0.00000289. The summed E-state index contributed by atoms with van der Waals surface area (Å²) in [5.74, 6) is 1.58. The molecule has 1 aliphatic rings. The van der Waals surface area contributed by atoms with Crippen LogP contribution in [-0.4, -0.2) is 48.5 Å². The number of halogens is 1. The van der Waals surface area contributed by atoms with Gasteiger partial charge in [-0.05, 0) is 25.6 Å². The second kappa shape index (κ2) is 9.93. The third kappa shape index (κ3) is 5.81. The van der Waals surface area contributed by atoms with Crippen molar-refractivity contribution < 1.29 is 4.79 Å². The minimum absolute atomic E-state index is 0. The summed E-state index contributed by atoms with van der Waals surface area (Å²) in [5.41, 5.74) is 0. The van der Waals surface area contributed by atoms with E-state index in [4.69, 9.17) is 0 Å². The maximum absolute atomic E-state index is 12.3. The highest BCUT2D eigenvalue weighted by molar-refractivity contribution is 7.99. The van der Waals surface area contributed by atoms with E-state index in [1.807, 2.05) is 25.7 Å². The van der Waals surface area contributed by atoms with Gasteiger partial charge in [0.05, 0.1) is 0 Å². The molecule has 0 radical (unpaired) electrons. The van der Waals surface area contributed by atoms with Gasteiger partial charge in [0.1, 0.15) is 0 Å². The van der Waals surface area contributed by atoms with Crippen LogP contribution in [0.1, 0.15) is 33.1 Å². The van der Waals surface area contributed by atoms with Gasteiger partial charge in [-0.15, -0.1) is 12.4 Å². The summed E-state index contributed by atoms with van der Waals surface area (Å²) in [5, 5.41) is 3.73. The standard InChI is InChI=1S/C13H26N2OS.ClH/c1-4-17-12-7-5-6-8-15(10-12)13(16)11(2)9-14-3;/h11-12,14H,4-10H2,1-3H3;1H. The van der Waals surface area contributed by atoms with Crippen molar-refractivity contribution in [1.29, 1.82) is 0 Å². The van der Waals surface area contributed by atoms with Crippen LogP contribution in [0.4, 0.5) is 0 Å². The lowest BCUT2D eigenvalue weighted by atomic mass is 10.1. The van der Waals surface area contributed by atoms with Gasteiger partial charge in [0.25, 0.3) is 0 Å². The quantitative estimate of drug-likeness (QED) is 0.845. The molecule has 1 saturated heterocycles. The maximum atomic E-state index is 12.3. The molecule has 1 amide bonds. The zero-order valence-corrected chi connectivity index (χ0v) is 13.4. The Morgan fingerprint density at radius 2 is 2.22 bits per heavy atom. The molecular weight excluding hydrogens is 268 g/mol. The minimum atomic E-state index is 0. The van der Waals surface area contributed by atoms with Crippen molar-refractivity contribution in [3.8, 4) is 0 Å². The Morgan fingerprint density at radius 3 is 2.83 bits per heavy atom. The van der Waals surface area contributed by atoms with Gasteiger partial charge in [-0.1, -0.05) is 20.3 Å². The first-order chi connectivity index (χ1) is 8.19. The Bertz CT molecular complexity index is 241. The van der Waals surface area contributed by atoms with Crippen LogP contribution in [0.3, 0.4) is 0 Å². The Labute approximate surface area is 122 Å². The van der Waals surface area contributed by atoms with Gasteiger partial charge in [-0.2, -0.15) is 11.8 Å². The van der Waals surface area contributed by atoms with Crippen LogP contribution in [0.2, 0.25) is 0 Å². The lowest BCUT2D eigenvalue weighted by Crippen LogP contribution is -2.41. The molecule has 0 bridgehead atoms. The summed E-state index contributed by atoms with van der Waals surface area (Å²) in [6, 6.07) is 0. The predicted octanol–water partition coefficient (Wildman–Crippen LogP) is 2.40. The molecular formula is C13H27ClN2OS. The van der Waals surface area contributed by atoms with Crippen molar-refractivity contribution >= 4 is 30.1 Å². The topological polar surface area (TPSA) is 32.3 Å². The average Bonchev–Trinajstić information content (AvgIpc) is 2.54. The summed E-state index contributed by atoms with van der Waals surface area (Å²) in [6.07, 6.45) is 3.70. The number of amides is 1. The van der Waals surface area contributed by atoms with Crippen LogP contribution in [-0.2, 0) is 4.79 Å². The van der Waals surface area contributed by atoms with Gasteiger partial charge in [0.2, 0.25) is 5.91 Å². The van der Waals surface area contributed by atoms with E-state index in [0.717, 1.165) is 25.4 Å². The lowest BCUT2D eigenvalue weighted by molar-refractivity contribution is -0.134. The zero-order valence-electron chi connectivity index (χ0n) is 11.8. The van der Waals surface area contributed by atoms with Crippen molar-refractivity contribution in [3.63, 3.8) is 0 Å².